The number of anilines is 2. The van der Waals surface area contributed by atoms with Crippen LogP contribution in [0.15, 0.2) is 36.7 Å². The first-order valence-electron chi connectivity index (χ1n) is 8.74. The summed E-state index contributed by atoms with van der Waals surface area (Å²) in [6.07, 6.45) is 8.55. The van der Waals surface area contributed by atoms with E-state index in [4.69, 9.17) is 4.74 Å². The van der Waals surface area contributed by atoms with Gasteiger partial charge in [-0.15, -0.1) is 0 Å². The number of hydrogen-bond donors (Lipinski definition) is 1. The highest BCUT2D eigenvalue weighted by molar-refractivity contribution is 5.92. The van der Waals surface area contributed by atoms with Crippen molar-refractivity contribution in [3.05, 3.63) is 42.2 Å². The third kappa shape index (κ3) is 4.92. The summed E-state index contributed by atoms with van der Waals surface area (Å²) in [6, 6.07) is 7.50. The standard InChI is InChI=1S/C19H24N4O2/c1-25-17-8-6-7-15(11-17)12-18(24)22-16-13-20-19(21-14-16)23-9-4-2-3-5-10-23/h6-8,11,13-14H,2-5,9-10,12H2,1H3,(H,22,24). The lowest BCUT2D eigenvalue weighted by Crippen LogP contribution is -2.26. The highest BCUT2D eigenvalue weighted by Crippen LogP contribution is 2.17. The number of carbonyl (C=O) groups excluding carboxylic acids is 1. The Hall–Kier alpha value is -2.63. The minimum Gasteiger partial charge on any atom is -0.497 e. The number of nitrogens with zero attached hydrogens (tertiary/aromatic N) is 3. The van der Waals surface area contributed by atoms with E-state index in [1.807, 2.05) is 24.3 Å². The van der Waals surface area contributed by atoms with Crippen LogP contribution in [0.2, 0.25) is 0 Å². The van der Waals surface area contributed by atoms with Crippen LogP contribution in [-0.4, -0.2) is 36.1 Å². The minimum absolute atomic E-state index is 0.0978. The van der Waals surface area contributed by atoms with E-state index in [2.05, 4.69) is 20.2 Å². The number of hydrogen-bond acceptors (Lipinski definition) is 5. The third-order valence-electron chi connectivity index (χ3n) is 4.31. The molecule has 0 spiro atoms. The third-order valence-corrected chi connectivity index (χ3v) is 4.31. The fourth-order valence-corrected chi connectivity index (χ4v) is 2.99. The molecule has 0 atom stereocenters. The van der Waals surface area contributed by atoms with E-state index in [0.29, 0.717) is 5.69 Å². The average molecular weight is 340 g/mol. The molecule has 132 valence electrons. The number of nitrogens with one attached hydrogen (secondary N) is 1. The second-order valence-corrected chi connectivity index (χ2v) is 6.25. The predicted molar refractivity (Wildman–Crippen MR) is 98.0 cm³/mol. The first-order chi connectivity index (χ1) is 12.2. The maximum Gasteiger partial charge on any atom is 0.228 e. The smallest absolute Gasteiger partial charge is 0.228 e. The van der Waals surface area contributed by atoms with E-state index in [1.54, 1.807) is 19.5 Å². The normalized spacial score (nSPS) is 14.7. The van der Waals surface area contributed by atoms with E-state index in [1.165, 1.54) is 25.7 Å². The zero-order valence-corrected chi connectivity index (χ0v) is 14.6. The summed E-state index contributed by atoms with van der Waals surface area (Å²) in [5, 5.41) is 2.85. The zero-order valence-electron chi connectivity index (χ0n) is 14.6. The van der Waals surface area contributed by atoms with Gasteiger partial charge in [-0.2, -0.15) is 0 Å². The molecular formula is C19H24N4O2. The summed E-state index contributed by atoms with van der Waals surface area (Å²) in [5.74, 6) is 1.39. The van der Waals surface area contributed by atoms with Gasteiger partial charge in [0.1, 0.15) is 5.75 Å². The molecule has 1 saturated heterocycles. The Kier molecular flexibility index (Phi) is 5.82. The molecule has 25 heavy (non-hydrogen) atoms. The second-order valence-electron chi connectivity index (χ2n) is 6.25. The van der Waals surface area contributed by atoms with Gasteiger partial charge in [0.2, 0.25) is 11.9 Å². The maximum absolute atomic E-state index is 12.2. The van der Waals surface area contributed by atoms with Gasteiger partial charge < -0.3 is 15.0 Å². The van der Waals surface area contributed by atoms with Gasteiger partial charge in [-0.3, -0.25) is 4.79 Å². The van der Waals surface area contributed by atoms with Gasteiger partial charge in [0, 0.05) is 13.1 Å². The van der Waals surface area contributed by atoms with E-state index >= 15 is 0 Å². The van der Waals surface area contributed by atoms with Crippen LogP contribution in [0.3, 0.4) is 0 Å². The van der Waals surface area contributed by atoms with Crippen molar-refractivity contribution in [1.82, 2.24) is 9.97 Å². The van der Waals surface area contributed by atoms with Crippen molar-refractivity contribution in [3.63, 3.8) is 0 Å². The first kappa shape index (κ1) is 17.2. The SMILES string of the molecule is COc1cccc(CC(=O)Nc2cnc(N3CCCCCC3)nc2)c1. The minimum atomic E-state index is -0.0978. The fourth-order valence-electron chi connectivity index (χ4n) is 2.99. The number of benzene rings is 1. The number of aromatic nitrogens is 2. The lowest BCUT2D eigenvalue weighted by atomic mass is 10.1. The molecule has 0 radical (unpaired) electrons. The zero-order chi connectivity index (χ0) is 17.5. The predicted octanol–water partition coefficient (Wildman–Crippen LogP) is 3.05. The van der Waals surface area contributed by atoms with Gasteiger partial charge in [0.15, 0.2) is 0 Å². The molecule has 1 aromatic carbocycles. The molecule has 0 unspecified atom stereocenters. The molecule has 1 aliphatic heterocycles. The van der Waals surface area contributed by atoms with Crippen LogP contribution >= 0.6 is 0 Å². The summed E-state index contributed by atoms with van der Waals surface area (Å²) >= 11 is 0. The summed E-state index contributed by atoms with van der Waals surface area (Å²) in [5.41, 5.74) is 1.52. The van der Waals surface area contributed by atoms with Gasteiger partial charge in [0.25, 0.3) is 0 Å². The van der Waals surface area contributed by atoms with Crippen LogP contribution in [0, 0.1) is 0 Å². The molecule has 6 heteroatoms. The molecule has 1 fully saturated rings. The highest BCUT2D eigenvalue weighted by Gasteiger charge is 2.12. The van der Waals surface area contributed by atoms with Crippen molar-refractivity contribution in [1.29, 1.82) is 0 Å². The molecule has 0 saturated carbocycles. The van der Waals surface area contributed by atoms with Crippen LogP contribution in [0.4, 0.5) is 11.6 Å². The van der Waals surface area contributed by atoms with Crippen molar-refractivity contribution in [2.24, 2.45) is 0 Å². The van der Waals surface area contributed by atoms with Crippen molar-refractivity contribution in [3.8, 4) is 5.75 Å². The van der Waals surface area contributed by atoms with Crippen LogP contribution in [0.25, 0.3) is 0 Å². The van der Waals surface area contributed by atoms with Crippen molar-refractivity contribution >= 4 is 17.5 Å². The Labute approximate surface area is 148 Å². The Balaban J connectivity index is 1.57. The average Bonchev–Trinajstić information content (AvgIpc) is 2.92. The molecule has 2 aromatic rings. The van der Waals surface area contributed by atoms with Gasteiger partial charge in [-0.1, -0.05) is 25.0 Å². The largest absolute Gasteiger partial charge is 0.497 e. The first-order valence-corrected chi connectivity index (χ1v) is 8.74. The van der Waals surface area contributed by atoms with E-state index in [9.17, 15) is 4.79 Å². The summed E-state index contributed by atoms with van der Waals surface area (Å²) < 4.78 is 5.18. The molecule has 3 rings (SSSR count). The molecule has 1 N–H and O–H groups in total. The Morgan fingerprint density at radius 3 is 2.56 bits per heavy atom. The molecule has 0 bridgehead atoms. The van der Waals surface area contributed by atoms with E-state index in [-0.39, 0.29) is 12.3 Å². The van der Waals surface area contributed by atoms with E-state index < -0.39 is 0 Å². The molecule has 1 aliphatic rings. The monoisotopic (exact) mass is 340 g/mol. The van der Waals surface area contributed by atoms with Crippen LogP contribution < -0.4 is 15.0 Å². The molecule has 1 amide bonds. The Bertz CT molecular complexity index is 695. The summed E-state index contributed by atoms with van der Waals surface area (Å²) in [6.45, 7) is 2.00. The number of carbonyl (C=O) groups is 1. The molecule has 0 aliphatic carbocycles. The number of ether oxygens (including phenoxy) is 1. The Morgan fingerprint density at radius 1 is 1.16 bits per heavy atom. The highest BCUT2D eigenvalue weighted by atomic mass is 16.5. The molecular weight excluding hydrogens is 316 g/mol. The van der Waals surface area contributed by atoms with Crippen LogP contribution in [0.5, 0.6) is 5.75 Å². The van der Waals surface area contributed by atoms with Gasteiger partial charge in [-0.05, 0) is 30.5 Å². The van der Waals surface area contributed by atoms with Crippen molar-refractivity contribution in [2.45, 2.75) is 32.1 Å². The quantitative estimate of drug-likeness (QED) is 0.906. The van der Waals surface area contributed by atoms with Crippen LogP contribution in [0.1, 0.15) is 31.2 Å². The molecule has 2 heterocycles. The number of methoxy groups -OCH3 is 1. The fraction of sp³-hybridized carbons (Fsp3) is 0.421. The van der Waals surface area contributed by atoms with E-state index in [0.717, 1.165) is 30.4 Å². The lowest BCUT2D eigenvalue weighted by molar-refractivity contribution is -0.115. The second kappa shape index (κ2) is 8.46. The molecule has 6 nitrogen and oxygen atoms in total. The van der Waals surface area contributed by atoms with Gasteiger partial charge >= 0.3 is 0 Å². The number of amides is 1. The van der Waals surface area contributed by atoms with Crippen molar-refractivity contribution in [2.75, 3.05) is 30.4 Å². The lowest BCUT2D eigenvalue weighted by Gasteiger charge is -2.19. The molecule has 1 aromatic heterocycles. The topological polar surface area (TPSA) is 67.3 Å². The van der Waals surface area contributed by atoms with Gasteiger partial charge in [0.05, 0.1) is 31.6 Å². The summed E-state index contributed by atoms with van der Waals surface area (Å²) in [7, 11) is 1.61. The van der Waals surface area contributed by atoms with Gasteiger partial charge in [-0.25, -0.2) is 9.97 Å². The van der Waals surface area contributed by atoms with Crippen LogP contribution in [-0.2, 0) is 11.2 Å². The number of rotatable bonds is 5. The summed E-state index contributed by atoms with van der Waals surface area (Å²) in [4.78, 5) is 23.2. The Morgan fingerprint density at radius 2 is 1.88 bits per heavy atom. The maximum atomic E-state index is 12.2. The van der Waals surface area contributed by atoms with Crippen molar-refractivity contribution < 1.29 is 9.53 Å².